The molecule has 6 heteroatoms. The van der Waals surface area contributed by atoms with Gasteiger partial charge >= 0.3 is 0 Å². The lowest BCUT2D eigenvalue weighted by Crippen LogP contribution is -2.62. The van der Waals surface area contributed by atoms with Crippen LogP contribution in [0.4, 0.5) is 56.9 Å². The standard InChI is InChI=1S/C78H77BN4O/c1-73(2,3)51-35-39-62(57(45-51)50-25-12-11-13-26-50)80-65-40-36-52(74(4,5)6)46-61(65)79-60-38-37-53(82-63-31-17-15-29-58(63)75(7)41-20-22-43-77(75,82)9)47-67(60)81(66-33-24-28-56-55-27-14-19-34-70(55)84-72(56)66)69-49-54(48-68(80)71(69)79)83-64-32-18-16-30-59(64)76(8)42-21-23-44-78(76,83)10/h11-19,24-40,45-49H,20-23,41-44H2,1-10H3. The van der Waals surface area contributed by atoms with Gasteiger partial charge in [0, 0.05) is 72.7 Å². The van der Waals surface area contributed by atoms with Gasteiger partial charge in [-0.05, 0) is 161 Å². The second-order valence-electron chi connectivity index (χ2n) is 28.7. The number of hydrogen-bond donors (Lipinski definition) is 0. The largest absolute Gasteiger partial charge is 0.454 e. The average molecular weight is 1100 g/mol. The second kappa shape index (κ2) is 17.8. The van der Waals surface area contributed by atoms with Crippen molar-refractivity contribution in [3.63, 3.8) is 0 Å². The highest BCUT2D eigenvalue weighted by molar-refractivity contribution is 7.00. The van der Waals surface area contributed by atoms with E-state index in [1.807, 2.05) is 0 Å². The van der Waals surface area contributed by atoms with Crippen molar-refractivity contribution in [2.45, 2.75) is 153 Å². The summed E-state index contributed by atoms with van der Waals surface area (Å²) in [4.78, 5) is 10.9. The molecule has 16 rings (SSSR count). The van der Waals surface area contributed by atoms with Crippen molar-refractivity contribution < 1.29 is 4.42 Å². The minimum absolute atomic E-state index is 0.00225. The van der Waals surface area contributed by atoms with Crippen LogP contribution in [0.2, 0.25) is 0 Å². The van der Waals surface area contributed by atoms with Crippen LogP contribution < -0.4 is 36.0 Å². The molecule has 2 aliphatic carbocycles. The van der Waals surface area contributed by atoms with Gasteiger partial charge in [0.15, 0.2) is 5.58 Å². The van der Waals surface area contributed by atoms with Gasteiger partial charge in [-0.15, -0.1) is 0 Å². The lowest BCUT2D eigenvalue weighted by molar-refractivity contribution is 0.195. The van der Waals surface area contributed by atoms with Gasteiger partial charge in [0.25, 0.3) is 6.71 Å². The van der Waals surface area contributed by atoms with Gasteiger partial charge in [0.05, 0.1) is 22.5 Å². The third-order valence-corrected chi connectivity index (χ3v) is 22.3. The summed E-state index contributed by atoms with van der Waals surface area (Å²) < 4.78 is 7.25. The first-order chi connectivity index (χ1) is 40.4. The summed E-state index contributed by atoms with van der Waals surface area (Å²) in [7, 11) is 0. The van der Waals surface area contributed by atoms with Crippen LogP contribution in [0.15, 0.2) is 192 Å². The molecule has 0 bridgehead atoms. The van der Waals surface area contributed by atoms with E-state index in [1.165, 1.54) is 133 Å². The summed E-state index contributed by atoms with van der Waals surface area (Å²) in [6, 6.07) is 73.1. The van der Waals surface area contributed by atoms with Gasteiger partial charge in [-0.2, -0.15) is 0 Å². The second-order valence-corrected chi connectivity index (χ2v) is 28.7. The Bertz CT molecular complexity index is 4370. The molecular weight excluding hydrogens is 1020 g/mol. The predicted octanol–water partition coefficient (Wildman–Crippen LogP) is 19.4. The van der Waals surface area contributed by atoms with Gasteiger partial charge < -0.3 is 24.0 Å². The first kappa shape index (κ1) is 51.7. The molecule has 10 aromatic rings. The molecule has 1 aromatic heterocycles. The average Bonchev–Trinajstić information content (AvgIpc) is 1.30. The van der Waals surface area contributed by atoms with Crippen LogP contribution in [-0.4, -0.2) is 17.8 Å². The summed E-state index contributed by atoms with van der Waals surface area (Å²) in [6.07, 6.45) is 9.45. The topological polar surface area (TPSA) is 26.1 Å². The van der Waals surface area contributed by atoms with Gasteiger partial charge in [-0.3, -0.25) is 0 Å². The molecule has 418 valence electrons. The van der Waals surface area contributed by atoms with Crippen LogP contribution in [0.5, 0.6) is 0 Å². The number of nitrogens with zero attached hydrogens (tertiary/aromatic N) is 4. The van der Waals surface area contributed by atoms with E-state index in [4.69, 9.17) is 4.42 Å². The highest BCUT2D eigenvalue weighted by Gasteiger charge is 2.60. The third kappa shape index (κ3) is 6.97. The van der Waals surface area contributed by atoms with Crippen molar-refractivity contribution in [3.8, 4) is 11.1 Å². The molecule has 84 heavy (non-hydrogen) atoms. The number of hydrogen-bond acceptors (Lipinski definition) is 5. The number of furan rings is 1. The first-order valence-electron chi connectivity index (χ1n) is 31.4. The van der Waals surface area contributed by atoms with Crippen molar-refractivity contribution in [1.82, 2.24) is 0 Å². The number of para-hydroxylation sites is 4. The van der Waals surface area contributed by atoms with E-state index in [2.05, 4.69) is 277 Å². The Morgan fingerprint density at radius 1 is 0.405 bits per heavy atom. The van der Waals surface area contributed by atoms with Crippen LogP contribution in [0.1, 0.15) is 143 Å². The Hall–Kier alpha value is -7.96. The molecule has 5 heterocycles. The van der Waals surface area contributed by atoms with Crippen molar-refractivity contribution in [2.24, 2.45) is 0 Å². The zero-order valence-corrected chi connectivity index (χ0v) is 50.8. The molecule has 4 aliphatic heterocycles. The number of anilines is 10. The highest BCUT2D eigenvalue weighted by Crippen LogP contribution is 2.64. The quantitative estimate of drug-likeness (QED) is 0.160. The van der Waals surface area contributed by atoms with Crippen molar-refractivity contribution in [1.29, 1.82) is 0 Å². The molecule has 0 amide bonds. The Morgan fingerprint density at radius 3 is 1.58 bits per heavy atom. The van der Waals surface area contributed by atoms with Gasteiger partial charge in [-0.25, -0.2) is 0 Å². The Balaban J connectivity index is 1.06. The van der Waals surface area contributed by atoms with E-state index in [0.29, 0.717) is 0 Å². The summed E-state index contributed by atoms with van der Waals surface area (Å²) in [5, 5.41) is 2.26. The molecule has 0 spiro atoms. The van der Waals surface area contributed by atoms with Gasteiger partial charge in [0.1, 0.15) is 5.58 Å². The number of fused-ring (bicyclic) bond motifs is 13. The predicted molar refractivity (Wildman–Crippen MR) is 356 cm³/mol. The van der Waals surface area contributed by atoms with E-state index in [-0.39, 0.29) is 39.5 Å². The maximum Gasteiger partial charge on any atom is 0.252 e. The number of benzene rings is 9. The fourth-order valence-electron chi connectivity index (χ4n) is 17.4. The van der Waals surface area contributed by atoms with Crippen LogP contribution in [0, 0.1) is 0 Å². The Morgan fingerprint density at radius 2 is 0.929 bits per heavy atom. The Kier molecular flexibility index (Phi) is 10.9. The summed E-state index contributed by atoms with van der Waals surface area (Å²) >= 11 is 0. The molecule has 6 aliphatic rings. The Labute approximate surface area is 498 Å². The summed E-state index contributed by atoms with van der Waals surface area (Å²) in [5.41, 5.74) is 25.4. The summed E-state index contributed by atoms with van der Waals surface area (Å²) in [6.45, 7) is 24.3. The zero-order chi connectivity index (χ0) is 57.5. The zero-order valence-electron chi connectivity index (χ0n) is 50.8. The minimum Gasteiger partial charge on any atom is -0.454 e. The molecule has 4 atom stereocenters. The molecule has 0 N–H and O–H groups in total. The van der Waals surface area contributed by atoms with Crippen LogP contribution >= 0.6 is 0 Å². The molecule has 0 saturated heterocycles. The molecule has 9 aromatic carbocycles. The van der Waals surface area contributed by atoms with Crippen molar-refractivity contribution in [3.05, 3.63) is 210 Å². The minimum atomic E-state index is -0.188. The van der Waals surface area contributed by atoms with E-state index in [1.54, 1.807) is 0 Å². The van der Waals surface area contributed by atoms with Crippen molar-refractivity contribution in [2.75, 3.05) is 19.6 Å². The molecular formula is C78H77BN4O. The smallest absolute Gasteiger partial charge is 0.252 e. The molecule has 0 radical (unpaired) electrons. The maximum atomic E-state index is 7.25. The normalized spacial score (nSPS) is 23.0. The molecule has 2 fully saturated rings. The van der Waals surface area contributed by atoms with Crippen molar-refractivity contribution >= 4 is 102 Å². The molecule has 4 unspecified atom stereocenters. The monoisotopic (exact) mass is 1100 g/mol. The fraction of sp³-hybridized carbons (Fsp3) is 0.308. The SMILES string of the molecule is CC(C)(C)c1ccc2c(c1)B1c3ccc(N4c5ccccc5C5(C)CCCCC45C)cc3N(c3cccc4c3oc3ccccc34)c3cc(N4c5ccccc5C5(C)CCCCC45C)cc(c31)N2c1ccc(C(C)(C)C)cc1-c1ccccc1. The van der Waals surface area contributed by atoms with Crippen LogP contribution in [-0.2, 0) is 21.7 Å². The fourth-order valence-corrected chi connectivity index (χ4v) is 17.4. The molecule has 2 saturated carbocycles. The van der Waals surface area contributed by atoms with Crippen LogP contribution in [0.3, 0.4) is 0 Å². The maximum absolute atomic E-state index is 7.25. The van der Waals surface area contributed by atoms with Crippen LogP contribution in [0.25, 0.3) is 33.1 Å². The van der Waals surface area contributed by atoms with Gasteiger partial charge in [0.2, 0.25) is 0 Å². The van der Waals surface area contributed by atoms with E-state index < -0.39 is 0 Å². The van der Waals surface area contributed by atoms with Gasteiger partial charge in [-0.1, -0.05) is 202 Å². The lowest BCUT2D eigenvalue weighted by Gasteiger charge is -2.51. The van der Waals surface area contributed by atoms with E-state index in [0.717, 1.165) is 46.9 Å². The third-order valence-electron chi connectivity index (χ3n) is 22.3. The van der Waals surface area contributed by atoms with E-state index in [9.17, 15) is 0 Å². The van der Waals surface area contributed by atoms with E-state index >= 15 is 0 Å². The first-order valence-corrected chi connectivity index (χ1v) is 31.4. The molecule has 5 nitrogen and oxygen atoms in total. The highest BCUT2D eigenvalue weighted by atomic mass is 16.3. The summed E-state index contributed by atoms with van der Waals surface area (Å²) in [5.74, 6) is 0. The number of rotatable bonds is 5. The lowest BCUT2D eigenvalue weighted by atomic mass is 9.33.